The van der Waals surface area contributed by atoms with E-state index in [0.717, 1.165) is 12.0 Å². The van der Waals surface area contributed by atoms with E-state index in [4.69, 9.17) is 21.4 Å². The number of ketones is 1. The van der Waals surface area contributed by atoms with Crippen molar-refractivity contribution in [2.24, 2.45) is 22.2 Å². The molecule has 7 heteroatoms. The molecule has 0 spiro atoms. The topological polar surface area (TPSA) is 96.2 Å². The zero-order valence-corrected chi connectivity index (χ0v) is 21.0. The van der Waals surface area contributed by atoms with Crippen LogP contribution in [0.5, 0.6) is 11.5 Å². The van der Waals surface area contributed by atoms with Gasteiger partial charge in [-0.05, 0) is 43.6 Å². The number of ether oxygens (including phenoxy) is 1. The number of carboxylic acids is 1. The zero-order valence-electron chi connectivity index (χ0n) is 20.2. The number of phenolic OH excluding ortho intramolecular Hbond substituents is 1. The minimum Gasteiger partial charge on any atom is -0.507 e. The van der Waals surface area contributed by atoms with Gasteiger partial charge in [0.1, 0.15) is 23.8 Å². The second kappa shape index (κ2) is 11.0. The number of benzene rings is 1. The zero-order chi connectivity index (χ0) is 24.9. The molecule has 1 aromatic rings. The van der Waals surface area contributed by atoms with Gasteiger partial charge >= 0.3 is 5.97 Å². The summed E-state index contributed by atoms with van der Waals surface area (Å²) >= 11 is 6.48. The minimum atomic E-state index is -1.06. The van der Waals surface area contributed by atoms with Gasteiger partial charge in [-0.15, -0.1) is 0 Å². The number of carboxylic acid groups (broad SMARTS) is 1. The Balaban J connectivity index is 2.36. The number of methoxy groups -OCH3 is 1. The lowest BCUT2D eigenvalue weighted by atomic mass is 9.61. The number of halogens is 1. The molecule has 180 valence electrons. The fourth-order valence-corrected chi connectivity index (χ4v) is 4.55. The summed E-state index contributed by atoms with van der Waals surface area (Å²) in [6.07, 6.45) is 9.34. The molecular weight excluding hydrogens is 442 g/mol. The van der Waals surface area contributed by atoms with Gasteiger partial charge in [0.2, 0.25) is 0 Å². The van der Waals surface area contributed by atoms with Gasteiger partial charge in [0, 0.05) is 29.7 Å². The van der Waals surface area contributed by atoms with Crippen LogP contribution in [0.25, 0.3) is 0 Å². The largest absolute Gasteiger partial charge is 0.507 e. The second-order valence-electron chi connectivity index (χ2n) is 9.06. The summed E-state index contributed by atoms with van der Waals surface area (Å²) in [5, 5.41) is 20.1. The van der Waals surface area contributed by atoms with Crippen molar-refractivity contribution in [1.82, 2.24) is 0 Å². The van der Waals surface area contributed by atoms with Gasteiger partial charge in [-0.1, -0.05) is 56.2 Å². The second-order valence-corrected chi connectivity index (χ2v) is 9.43. The molecule has 6 nitrogen and oxygen atoms in total. The van der Waals surface area contributed by atoms with Gasteiger partial charge in [0.25, 0.3) is 0 Å². The molecule has 0 bridgehead atoms. The van der Waals surface area contributed by atoms with Crippen LogP contribution in [0.1, 0.15) is 57.2 Å². The number of hydrogen-bond acceptors (Lipinski definition) is 5. The first-order chi connectivity index (χ1) is 15.4. The summed E-state index contributed by atoms with van der Waals surface area (Å²) in [4.78, 5) is 26.9. The number of carbonyl (C=O) groups excluding carboxylic acids is 1. The summed E-state index contributed by atoms with van der Waals surface area (Å²) in [6.45, 7) is 9.62. The fourth-order valence-electron chi connectivity index (χ4n) is 4.25. The first-order valence-electron chi connectivity index (χ1n) is 11.1. The van der Waals surface area contributed by atoms with Crippen LogP contribution < -0.4 is 4.74 Å². The first kappa shape index (κ1) is 26.7. The van der Waals surface area contributed by atoms with Crippen molar-refractivity contribution >= 4 is 29.6 Å². The standard InChI is InChI=1S/C26H34ClNO5/c1-15(11-12-26(5)16(2)8-10-21(29)18(26)4)7-9-19-24(32)20(13-28-14-22(30)31)17(3)23(27)25(19)33-6/h7,11-13,16,18,32H,8-10,14H2,1-6H3,(H,30,31)/b12-11+,15-7+,28-13?/t16-,18+,26+/m1/s1. The Labute approximate surface area is 201 Å². The predicted molar refractivity (Wildman–Crippen MR) is 132 cm³/mol. The molecule has 3 atom stereocenters. The van der Waals surface area contributed by atoms with Crippen LogP contribution >= 0.6 is 11.6 Å². The molecule has 1 aliphatic carbocycles. The highest BCUT2D eigenvalue weighted by Gasteiger charge is 2.41. The van der Waals surface area contributed by atoms with Crippen molar-refractivity contribution in [1.29, 1.82) is 0 Å². The van der Waals surface area contributed by atoms with E-state index in [1.165, 1.54) is 13.3 Å². The third-order valence-corrected chi connectivity index (χ3v) is 7.49. The van der Waals surface area contributed by atoms with Gasteiger partial charge in [0.05, 0.1) is 12.1 Å². The van der Waals surface area contributed by atoms with Crippen molar-refractivity contribution in [2.75, 3.05) is 13.7 Å². The van der Waals surface area contributed by atoms with Crippen LogP contribution in [-0.4, -0.2) is 41.8 Å². The van der Waals surface area contributed by atoms with E-state index in [2.05, 4.69) is 24.9 Å². The van der Waals surface area contributed by atoms with Crippen LogP contribution in [-0.2, 0) is 16.0 Å². The normalized spacial score (nSPS) is 24.1. The SMILES string of the molecule is COc1c(Cl)c(C)c(C=NCC(=O)O)c(O)c1C/C=C(C)/C=C/[C@@]1(C)[C@H](C)CCC(=O)[C@@H]1C. The van der Waals surface area contributed by atoms with Crippen LogP contribution in [0.4, 0.5) is 0 Å². The molecule has 0 saturated heterocycles. The summed E-state index contributed by atoms with van der Waals surface area (Å²) in [5.74, 6) is -0.0430. The third kappa shape index (κ3) is 5.85. The van der Waals surface area contributed by atoms with E-state index in [9.17, 15) is 14.7 Å². The third-order valence-electron chi connectivity index (χ3n) is 7.03. The van der Waals surface area contributed by atoms with Crippen molar-refractivity contribution < 1.29 is 24.5 Å². The smallest absolute Gasteiger partial charge is 0.325 e. The Morgan fingerprint density at radius 2 is 2.03 bits per heavy atom. The summed E-state index contributed by atoms with van der Waals surface area (Å²) in [6, 6.07) is 0. The highest BCUT2D eigenvalue weighted by molar-refractivity contribution is 6.33. The van der Waals surface area contributed by atoms with E-state index in [1.807, 2.05) is 26.0 Å². The van der Waals surface area contributed by atoms with Crippen LogP contribution in [0.15, 0.2) is 28.8 Å². The lowest BCUT2D eigenvalue weighted by Crippen LogP contribution is -2.40. The summed E-state index contributed by atoms with van der Waals surface area (Å²) < 4.78 is 5.46. The average Bonchev–Trinajstić information content (AvgIpc) is 2.77. The molecule has 2 N–H and O–H groups in total. The van der Waals surface area contributed by atoms with Crippen molar-refractivity contribution in [3.05, 3.63) is 45.5 Å². The molecule has 1 aromatic carbocycles. The lowest BCUT2D eigenvalue weighted by Gasteiger charge is -2.42. The number of carbonyl (C=O) groups is 2. The van der Waals surface area contributed by atoms with E-state index >= 15 is 0 Å². The minimum absolute atomic E-state index is 0.0296. The maximum Gasteiger partial charge on any atom is 0.325 e. The van der Waals surface area contributed by atoms with Crippen molar-refractivity contribution in [2.45, 2.75) is 53.9 Å². The summed E-state index contributed by atoms with van der Waals surface area (Å²) in [7, 11) is 1.49. The first-order valence-corrected chi connectivity index (χ1v) is 11.5. The van der Waals surface area contributed by atoms with Crippen LogP contribution in [0.2, 0.25) is 5.02 Å². The molecule has 0 amide bonds. The van der Waals surface area contributed by atoms with Crippen molar-refractivity contribution in [3.63, 3.8) is 0 Å². The lowest BCUT2D eigenvalue weighted by molar-refractivity contribution is -0.135. The van der Waals surface area contributed by atoms with Gasteiger partial charge in [-0.2, -0.15) is 0 Å². The highest BCUT2D eigenvalue weighted by atomic mass is 35.5. The Morgan fingerprint density at radius 1 is 1.36 bits per heavy atom. The number of nitrogens with zero attached hydrogens (tertiary/aromatic N) is 1. The maximum absolute atomic E-state index is 12.3. The van der Waals surface area contributed by atoms with Gasteiger partial charge in [-0.25, -0.2) is 0 Å². The Bertz CT molecular complexity index is 1010. The highest BCUT2D eigenvalue weighted by Crippen LogP contribution is 2.45. The molecule has 1 fully saturated rings. The summed E-state index contributed by atoms with van der Waals surface area (Å²) in [5.41, 5.74) is 2.20. The van der Waals surface area contributed by atoms with E-state index in [0.29, 0.717) is 52.0 Å². The molecular formula is C26H34ClNO5. The number of phenols is 1. The number of aromatic hydroxyl groups is 1. The molecule has 0 radical (unpaired) electrons. The van der Waals surface area contributed by atoms with Crippen molar-refractivity contribution in [3.8, 4) is 11.5 Å². The Kier molecular flexibility index (Phi) is 8.89. The Morgan fingerprint density at radius 3 is 2.64 bits per heavy atom. The van der Waals surface area contributed by atoms with Crippen LogP contribution in [0, 0.1) is 24.2 Å². The van der Waals surface area contributed by atoms with Gasteiger partial charge in [-0.3, -0.25) is 14.6 Å². The van der Waals surface area contributed by atoms with E-state index < -0.39 is 12.5 Å². The number of Topliss-reactive ketones (excluding diaryl/α,β-unsaturated/α-hetero) is 1. The molecule has 33 heavy (non-hydrogen) atoms. The Hall–Kier alpha value is -2.60. The number of rotatable bonds is 8. The number of aliphatic carboxylic acids is 1. The molecule has 0 aliphatic heterocycles. The van der Waals surface area contributed by atoms with E-state index in [-0.39, 0.29) is 17.1 Å². The monoisotopic (exact) mass is 475 g/mol. The van der Waals surface area contributed by atoms with Gasteiger partial charge in [0.15, 0.2) is 0 Å². The number of allylic oxidation sites excluding steroid dienone is 4. The van der Waals surface area contributed by atoms with Crippen LogP contribution in [0.3, 0.4) is 0 Å². The maximum atomic E-state index is 12.3. The quantitative estimate of drug-likeness (QED) is 0.379. The fraction of sp³-hybridized carbons (Fsp3) is 0.500. The van der Waals surface area contributed by atoms with E-state index in [1.54, 1.807) is 6.92 Å². The van der Waals surface area contributed by atoms with Gasteiger partial charge < -0.3 is 14.9 Å². The molecule has 0 unspecified atom stereocenters. The average molecular weight is 476 g/mol. The molecule has 2 rings (SSSR count). The molecule has 1 aliphatic rings. The molecule has 0 heterocycles. The molecule has 0 aromatic heterocycles. The number of aliphatic imine (C=N–C) groups is 1. The predicted octanol–water partition coefficient (Wildman–Crippen LogP) is 5.55. The molecule has 1 saturated carbocycles. The number of hydrogen-bond donors (Lipinski definition) is 2.